The van der Waals surface area contributed by atoms with E-state index in [1.807, 2.05) is 20.8 Å². The van der Waals surface area contributed by atoms with E-state index in [0.717, 1.165) is 11.3 Å². The molecule has 1 aliphatic rings. The third-order valence-electron chi connectivity index (χ3n) is 4.87. The van der Waals surface area contributed by atoms with Crippen LogP contribution >= 0.6 is 0 Å². The first kappa shape index (κ1) is 18.7. The minimum atomic E-state index is -0.325. The number of hydrogen-bond donors (Lipinski definition) is 3. The zero-order valence-electron chi connectivity index (χ0n) is 16.0. The molecular formula is C20H24N4O3. The molecule has 1 aliphatic heterocycles. The van der Waals surface area contributed by atoms with Gasteiger partial charge in [0.05, 0.1) is 12.1 Å². The number of benzene rings is 1. The van der Waals surface area contributed by atoms with Crippen molar-refractivity contribution in [2.75, 3.05) is 18.4 Å². The lowest BCUT2D eigenvalue weighted by atomic mass is 10.1. The van der Waals surface area contributed by atoms with Crippen LogP contribution in [-0.4, -0.2) is 40.7 Å². The Labute approximate surface area is 158 Å². The van der Waals surface area contributed by atoms with E-state index >= 15 is 0 Å². The molecule has 0 saturated carbocycles. The number of nitrogens with zero attached hydrogens (tertiary/aromatic N) is 1. The van der Waals surface area contributed by atoms with Crippen LogP contribution in [0.1, 0.15) is 61.9 Å². The molecule has 3 amide bonds. The molecule has 0 radical (unpaired) electrons. The number of rotatable bonds is 5. The molecule has 3 N–H and O–H groups in total. The molecule has 0 bridgehead atoms. The van der Waals surface area contributed by atoms with Gasteiger partial charge in [0, 0.05) is 30.0 Å². The zero-order chi connectivity index (χ0) is 19.7. The highest BCUT2D eigenvalue weighted by atomic mass is 16.2. The molecule has 142 valence electrons. The van der Waals surface area contributed by atoms with Gasteiger partial charge in [-0.2, -0.15) is 0 Å². The smallest absolute Gasteiger partial charge is 0.272 e. The summed E-state index contributed by atoms with van der Waals surface area (Å²) in [5.74, 6) is -0.558. The molecule has 2 aromatic rings. The first-order chi connectivity index (χ1) is 12.9. The fourth-order valence-electron chi connectivity index (χ4n) is 3.32. The number of aromatic amines is 1. The van der Waals surface area contributed by atoms with Gasteiger partial charge in [-0.25, -0.2) is 0 Å². The maximum Gasteiger partial charge on any atom is 0.272 e. The number of H-pyrrole nitrogens is 1. The number of hydrogen-bond acceptors (Lipinski definition) is 3. The van der Waals surface area contributed by atoms with Gasteiger partial charge < -0.3 is 20.5 Å². The summed E-state index contributed by atoms with van der Waals surface area (Å²) in [6.07, 6.45) is 0. The fraction of sp³-hybridized carbons (Fsp3) is 0.350. The number of carbonyl (C=O) groups excluding carboxylic acids is 3. The lowest BCUT2D eigenvalue weighted by Gasteiger charge is -2.13. The lowest BCUT2D eigenvalue weighted by Crippen LogP contribution is -2.25. The number of anilines is 1. The summed E-state index contributed by atoms with van der Waals surface area (Å²) < 4.78 is 0. The Balaban J connectivity index is 1.85. The number of aryl methyl sites for hydroxylation is 1. The largest absolute Gasteiger partial charge is 0.352 e. The molecule has 0 atom stereocenters. The Hall–Kier alpha value is -3.09. The molecule has 0 saturated heterocycles. The number of aromatic nitrogens is 1. The minimum absolute atomic E-state index is 0.0466. The van der Waals surface area contributed by atoms with E-state index in [1.54, 1.807) is 30.0 Å². The Morgan fingerprint density at radius 2 is 1.93 bits per heavy atom. The van der Waals surface area contributed by atoms with Crippen molar-refractivity contribution in [1.82, 2.24) is 15.2 Å². The second kappa shape index (κ2) is 7.26. The topological polar surface area (TPSA) is 94.3 Å². The predicted octanol–water partition coefficient (Wildman–Crippen LogP) is 2.61. The fourth-order valence-corrected chi connectivity index (χ4v) is 3.32. The average molecular weight is 368 g/mol. The zero-order valence-corrected chi connectivity index (χ0v) is 16.0. The molecule has 7 heteroatoms. The van der Waals surface area contributed by atoms with E-state index in [2.05, 4.69) is 15.6 Å². The van der Waals surface area contributed by atoms with Crippen molar-refractivity contribution >= 4 is 23.4 Å². The van der Waals surface area contributed by atoms with Crippen molar-refractivity contribution in [1.29, 1.82) is 0 Å². The van der Waals surface area contributed by atoms with Gasteiger partial charge in [-0.05, 0) is 51.0 Å². The van der Waals surface area contributed by atoms with Gasteiger partial charge in [0.1, 0.15) is 5.69 Å². The van der Waals surface area contributed by atoms with Gasteiger partial charge in [-0.1, -0.05) is 6.07 Å². The molecular weight excluding hydrogens is 344 g/mol. The van der Waals surface area contributed by atoms with Gasteiger partial charge in [-0.3, -0.25) is 14.4 Å². The lowest BCUT2D eigenvalue weighted by molar-refractivity contribution is 0.0785. The van der Waals surface area contributed by atoms with Crippen LogP contribution in [-0.2, 0) is 6.54 Å². The van der Waals surface area contributed by atoms with Crippen LogP contribution in [0.2, 0.25) is 0 Å². The van der Waals surface area contributed by atoms with Crippen molar-refractivity contribution in [3.63, 3.8) is 0 Å². The van der Waals surface area contributed by atoms with Crippen LogP contribution < -0.4 is 10.6 Å². The minimum Gasteiger partial charge on any atom is -0.352 e. The first-order valence-electron chi connectivity index (χ1n) is 9.08. The van der Waals surface area contributed by atoms with Gasteiger partial charge in [-0.15, -0.1) is 0 Å². The monoisotopic (exact) mass is 368 g/mol. The molecule has 0 spiro atoms. The molecule has 0 unspecified atom stereocenters. The van der Waals surface area contributed by atoms with Gasteiger partial charge in [0.2, 0.25) is 0 Å². The Kier molecular flexibility index (Phi) is 5.03. The second-order valence-electron chi connectivity index (χ2n) is 6.64. The first-order valence-corrected chi connectivity index (χ1v) is 9.08. The molecule has 0 fully saturated rings. The summed E-state index contributed by atoms with van der Waals surface area (Å²) >= 11 is 0. The quantitative estimate of drug-likeness (QED) is 0.757. The molecule has 2 heterocycles. The number of amides is 3. The summed E-state index contributed by atoms with van der Waals surface area (Å²) in [7, 11) is 0. The van der Waals surface area contributed by atoms with E-state index in [-0.39, 0.29) is 17.7 Å². The van der Waals surface area contributed by atoms with Gasteiger partial charge >= 0.3 is 0 Å². The van der Waals surface area contributed by atoms with Crippen LogP contribution in [0.3, 0.4) is 0 Å². The van der Waals surface area contributed by atoms with Crippen molar-refractivity contribution < 1.29 is 14.4 Å². The molecule has 1 aromatic carbocycles. The number of fused-ring (bicyclic) bond motifs is 1. The summed E-state index contributed by atoms with van der Waals surface area (Å²) in [6.45, 7) is 9.07. The van der Waals surface area contributed by atoms with Crippen LogP contribution in [0.4, 0.5) is 5.69 Å². The average Bonchev–Trinajstić information content (AvgIpc) is 3.13. The third-order valence-corrected chi connectivity index (χ3v) is 4.87. The highest BCUT2D eigenvalue weighted by Crippen LogP contribution is 2.28. The highest BCUT2D eigenvalue weighted by Gasteiger charge is 2.33. The van der Waals surface area contributed by atoms with Crippen LogP contribution in [0.15, 0.2) is 18.2 Å². The van der Waals surface area contributed by atoms with E-state index in [4.69, 9.17) is 0 Å². The molecule has 27 heavy (non-hydrogen) atoms. The predicted molar refractivity (Wildman–Crippen MR) is 103 cm³/mol. The van der Waals surface area contributed by atoms with Crippen molar-refractivity contribution in [3.8, 4) is 0 Å². The summed E-state index contributed by atoms with van der Waals surface area (Å²) in [5, 5.41) is 5.60. The van der Waals surface area contributed by atoms with Crippen LogP contribution in [0.5, 0.6) is 0 Å². The van der Waals surface area contributed by atoms with Crippen molar-refractivity contribution in [3.05, 3.63) is 51.8 Å². The third kappa shape index (κ3) is 3.32. The van der Waals surface area contributed by atoms with Gasteiger partial charge in [0.25, 0.3) is 17.7 Å². The van der Waals surface area contributed by atoms with Gasteiger partial charge in [0.15, 0.2) is 0 Å². The Morgan fingerprint density at radius 3 is 2.56 bits per heavy atom. The number of nitrogens with one attached hydrogen (secondary N) is 3. The second-order valence-corrected chi connectivity index (χ2v) is 6.64. The molecule has 0 aliphatic carbocycles. The normalized spacial score (nSPS) is 12.9. The molecule has 7 nitrogen and oxygen atoms in total. The van der Waals surface area contributed by atoms with Crippen LogP contribution in [0.25, 0.3) is 0 Å². The SMILES string of the molecule is CCNC(=O)c1ccc(C)c(NC(=O)c2[nH]c3c(c2C)C(=O)N(CC)C3)c1. The number of carbonyl (C=O) groups is 3. The summed E-state index contributed by atoms with van der Waals surface area (Å²) in [5.41, 5.74) is 4.30. The molecule has 1 aromatic heterocycles. The highest BCUT2D eigenvalue weighted by molar-refractivity contribution is 6.09. The summed E-state index contributed by atoms with van der Waals surface area (Å²) in [4.78, 5) is 42.1. The standard InChI is InChI=1S/C20H24N4O3/c1-5-21-18(25)13-8-7-11(3)14(9-13)23-19(26)17-12(4)16-15(22-17)10-24(6-2)20(16)27/h7-9,22H,5-6,10H2,1-4H3,(H,21,25)(H,23,26). The Morgan fingerprint density at radius 1 is 1.19 bits per heavy atom. The van der Waals surface area contributed by atoms with E-state index < -0.39 is 0 Å². The summed E-state index contributed by atoms with van der Waals surface area (Å²) in [6, 6.07) is 5.18. The maximum atomic E-state index is 12.8. The maximum absolute atomic E-state index is 12.8. The van der Waals surface area contributed by atoms with Crippen molar-refractivity contribution in [2.24, 2.45) is 0 Å². The molecule has 3 rings (SSSR count). The van der Waals surface area contributed by atoms with E-state index in [9.17, 15) is 14.4 Å². The Bertz CT molecular complexity index is 930. The van der Waals surface area contributed by atoms with E-state index in [1.165, 1.54) is 0 Å². The van der Waals surface area contributed by atoms with E-state index in [0.29, 0.717) is 47.7 Å². The van der Waals surface area contributed by atoms with Crippen LogP contribution in [0, 0.1) is 13.8 Å². The van der Waals surface area contributed by atoms with Crippen molar-refractivity contribution in [2.45, 2.75) is 34.2 Å².